The maximum absolute atomic E-state index is 12.6. The van der Waals surface area contributed by atoms with Gasteiger partial charge in [-0.1, -0.05) is 34.1 Å². The second-order valence-electron chi connectivity index (χ2n) is 3.16. The summed E-state index contributed by atoms with van der Waals surface area (Å²) in [4.78, 5) is 11.1. The molecule has 0 saturated carbocycles. The maximum atomic E-state index is 12.6. The SMILES string of the molecule is CC(Br)C(=O)c1cccc(C(F)F)c1C#N. The van der Waals surface area contributed by atoms with Gasteiger partial charge in [0, 0.05) is 11.1 Å². The highest BCUT2D eigenvalue weighted by Gasteiger charge is 2.21. The molecule has 5 heteroatoms. The van der Waals surface area contributed by atoms with Crippen LogP contribution >= 0.6 is 15.9 Å². The van der Waals surface area contributed by atoms with E-state index in [2.05, 4.69) is 15.9 Å². The number of ketones is 1. The smallest absolute Gasteiger partial charge is 0.265 e. The average Bonchev–Trinajstić information content (AvgIpc) is 2.26. The number of alkyl halides is 3. The van der Waals surface area contributed by atoms with Crippen LogP contribution < -0.4 is 0 Å². The molecule has 1 aromatic rings. The van der Waals surface area contributed by atoms with Gasteiger partial charge in [0.2, 0.25) is 0 Å². The molecule has 2 nitrogen and oxygen atoms in total. The zero-order valence-electron chi connectivity index (χ0n) is 8.38. The quantitative estimate of drug-likeness (QED) is 0.631. The molecule has 0 heterocycles. The number of Topliss-reactive ketones (excluding diaryl/α,β-unsaturated/α-hetero) is 1. The van der Waals surface area contributed by atoms with Gasteiger partial charge in [-0.15, -0.1) is 0 Å². The van der Waals surface area contributed by atoms with Crippen molar-refractivity contribution in [2.45, 2.75) is 18.2 Å². The van der Waals surface area contributed by atoms with Crippen molar-refractivity contribution >= 4 is 21.7 Å². The van der Waals surface area contributed by atoms with Crippen LogP contribution in [0, 0.1) is 11.3 Å². The van der Waals surface area contributed by atoms with Crippen molar-refractivity contribution in [2.24, 2.45) is 0 Å². The first kappa shape index (κ1) is 12.8. The van der Waals surface area contributed by atoms with E-state index in [1.807, 2.05) is 0 Å². The van der Waals surface area contributed by atoms with Gasteiger partial charge in [0.05, 0.1) is 10.4 Å². The van der Waals surface area contributed by atoms with Gasteiger partial charge in [-0.3, -0.25) is 4.79 Å². The van der Waals surface area contributed by atoms with Crippen LogP contribution in [0.1, 0.15) is 34.8 Å². The Balaban J connectivity index is 3.37. The van der Waals surface area contributed by atoms with Crippen LogP contribution in [0.5, 0.6) is 0 Å². The molecule has 0 aromatic heterocycles. The van der Waals surface area contributed by atoms with E-state index in [0.717, 1.165) is 6.07 Å². The fourth-order valence-corrected chi connectivity index (χ4v) is 1.54. The zero-order chi connectivity index (χ0) is 12.3. The Kier molecular flexibility index (Phi) is 4.13. The van der Waals surface area contributed by atoms with Crippen LogP contribution in [-0.2, 0) is 0 Å². The van der Waals surface area contributed by atoms with Gasteiger partial charge >= 0.3 is 0 Å². The Morgan fingerprint density at radius 1 is 1.50 bits per heavy atom. The fourth-order valence-electron chi connectivity index (χ4n) is 1.30. The number of benzene rings is 1. The van der Waals surface area contributed by atoms with Crippen molar-refractivity contribution in [3.05, 3.63) is 34.9 Å². The van der Waals surface area contributed by atoms with Gasteiger partial charge < -0.3 is 0 Å². The molecule has 0 aliphatic rings. The molecule has 0 N–H and O–H groups in total. The van der Waals surface area contributed by atoms with E-state index in [1.54, 1.807) is 13.0 Å². The van der Waals surface area contributed by atoms with Crippen molar-refractivity contribution in [2.75, 3.05) is 0 Å². The molecule has 84 valence electrons. The molecule has 16 heavy (non-hydrogen) atoms. The maximum Gasteiger partial charge on any atom is 0.265 e. The van der Waals surface area contributed by atoms with Crippen LogP contribution in [0.15, 0.2) is 18.2 Å². The van der Waals surface area contributed by atoms with E-state index < -0.39 is 16.8 Å². The molecule has 0 aliphatic heterocycles. The predicted molar refractivity (Wildman–Crippen MR) is 58.8 cm³/mol. The lowest BCUT2D eigenvalue weighted by Crippen LogP contribution is -2.13. The van der Waals surface area contributed by atoms with Crippen molar-refractivity contribution in [3.8, 4) is 6.07 Å². The molecular weight excluding hydrogens is 280 g/mol. The summed E-state index contributed by atoms with van der Waals surface area (Å²) < 4.78 is 25.2. The number of hydrogen-bond donors (Lipinski definition) is 0. The number of rotatable bonds is 3. The number of carbonyl (C=O) groups is 1. The number of carbonyl (C=O) groups excluding carboxylic acids is 1. The minimum absolute atomic E-state index is 0.0321. The summed E-state index contributed by atoms with van der Waals surface area (Å²) in [6, 6.07) is 5.54. The van der Waals surface area contributed by atoms with Crippen LogP contribution in [-0.4, -0.2) is 10.6 Å². The van der Waals surface area contributed by atoms with Gasteiger partial charge in [-0.25, -0.2) is 8.78 Å². The van der Waals surface area contributed by atoms with Crippen LogP contribution in [0.4, 0.5) is 8.78 Å². The second-order valence-corrected chi connectivity index (χ2v) is 4.54. The van der Waals surface area contributed by atoms with E-state index in [1.165, 1.54) is 12.1 Å². The standard InChI is InChI=1S/C11H8BrF2NO/c1-6(12)10(16)7-3-2-4-8(11(13)14)9(7)5-15/h2-4,6,11H,1H3. The molecule has 1 rings (SSSR count). The predicted octanol–water partition coefficient (Wildman–Crippen LogP) is 3.46. The minimum Gasteiger partial charge on any atom is -0.293 e. The molecule has 0 aliphatic carbocycles. The Labute approximate surface area is 100 Å². The second kappa shape index (κ2) is 5.17. The van der Waals surface area contributed by atoms with E-state index in [4.69, 9.17) is 5.26 Å². The number of nitriles is 1. The normalized spacial score (nSPS) is 12.2. The highest BCUT2D eigenvalue weighted by molar-refractivity contribution is 9.10. The van der Waals surface area contributed by atoms with E-state index in [-0.39, 0.29) is 16.9 Å². The van der Waals surface area contributed by atoms with Gasteiger partial charge in [-0.05, 0) is 6.92 Å². The van der Waals surface area contributed by atoms with Crippen LogP contribution in [0.25, 0.3) is 0 Å². The molecule has 0 amide bonds. The Bertz CT molecular complexity index is 452. The van der Waals surface area contributed by atoms with Crippen molar-refractivity contribution < 1.29 is 13.6 Å². The van der Waals surface area contributed by atoms with Gasteiger partial charge in [0.15, 0.2) is 5.78 Å². The summed E-state index contributed by atoms with van der Waals surface area (Å²) in [5.41, 5.74) is -0.611. The largest absolute Gasteiger partial charge is 0.293 e. The Morgan fingerprint density at radius 3 is 2.56 bits per heavy atom. The average molecular weight is 288 g/mol. The van der Waals surface area contributed by atoms with Crippen LogP contribution in [0.3, 0.4) is 0 Å². The lowest BCUT2D eigenvalue weighted by atomic mass is 9.98. The minimum atomic E-state index is -2.76. The third-order valence-electron chi connectivity index (χ3n) is 2.07. The lowest BCUT2D eigenvalue weighted by Gasteiger charge is -2.08. The molecule has 1 atom stereocenters. The van der Waals surface area contributed by atoms with E-state index in [9.17, 15) is 13.6 Å². The first-order chi connectivity index (χ1) is 7.49. The zero-order valence-corrected chi connectivity index (χ0v) is 9.96. The summed E-state index contributed by atoms with van der Waals surface area (Å²) in [7, 11) is 0. The molecule has 0 bridgehead atoms. The molecule has 1 unspecified atom stereocenters. The molecule has 0 spiro atoms. The first-order valence-corrected chi connectivity index (χ1v) is 5.40. The van der Waals surface area contributed by atoms with Gasteiger partial charge in [-0.2, -0.15) is 5.26 Å². The van der Waals surface area contributed by atoms with Gasteiger partial charge in [0.1, 0.15) is 6.07 Å². The van der Waals surface area contributed by atoms with Crippen LogP contribution in [0.2, 0.25) is 0 Å². The number of nitrogens with zero attached hydrogens (tertiary/aromatic N) is 1. The Hall–Kier alpha value is -1.28. The Morgan fingerprint density at radius 2 is 2.12 bits per heavy atom. The summed E-state index contributed by atoms with van der Waals surface area (Å²) in [6.07, 6.45) is -2.76. The van der Waals surface area contributed by atoms with Crippen molar-refractivity contribution in [3.63, 3.8) is 0 Å². The molecular formula is C11H8BrF2NO. The topological polar surface area (TPSA) is 40.9 Å². The third-order valence-corrected chi connectivity index (χ3v) is 2.49. The first-order valence-electron chi connectivity index (χ1n) is 4.48. The number of hydrogen-bond acceptors (Lipinski definition) is 2. The van der Waals surface area contributed by atoms with Crippen molar-refractivity contribution in [1.82, 2.24) is 0 Å². The lowest BCUT2D eigenvalue weighted by molar-refractivity contribution is 0.0995. The summed E-state index contributed by atoms with van der Waals surface area (Å²) in [6.45, 7) is 1.58. The molecule has 0 saturated heterocycles. The fraction of sp³-hybridized carbons (Fsp3) is 0.273. The monoisotopic (exact) mass is 287 g/mol. The van der Waals surface area contributed by atoms with E-state index >= 15 is 0 Å². The number of halogens is 3. The van der Waals surface area contributed by atoms with E-state index in [0.29, 0.717) is 0 Å². The van der Waals surface area contributed by atoms with Gasteiger partial charge in [0.25, 0.3) is 6.43 Å². The van der Waals surface area contributed by atoms with Crippen molar-refractivity contribution in [1.29, 1.82) is 5.26 Å². The molecule has 0 radical (unpaired) electrons. The summed E-state index contributed by atoms with van der Waals surface area (Å²) >= 11 is 3.05. The summed E-state index contributed by atoms with van der Waals surface area (Å²) in [5, 5.41) is 8.83. The third kappa shape index (κ3) is 2.45. The molecule has 0 fully saturated rings. The molecule has 1 aromatic carbocycles. The highest BCUT2D eigenvalue weighted by Crippen LogP contribution is 2.26. The highest BCUT2D eigenvalue weighted by atomic mass is 79.9. The summed E-state index contributed by atoms with van der Waals surface area (Å²) in [5.74, 6) is -0.376.